The van der Waals surface area contributed by atoms with Crippen LogP contribution in [0, 0.1) is 10.1 Å². The standard InChI is InChI=1S/C20H18F6N2O4/c21-19(22,23)18(29,20(24,25)26)14-3-1-13(2-4-14)11-27-10-9-17(12-27)32-16-7-5-15(6-8-16)28(30)31/h1-8,17,29H,9-12H2. The summed E-state index contributed by atoms with van der Waals surface area (Å²) in [6.45, 7) is 1.29. The van der Waals surface area contributed by atoms with Crippen molar-refractivity contribution in [3.05, 3.63) is 69.8 Å². The molecule has 1 saturated heterocycles. The Kier molecular flexibility index (Phi) is 6.38. The largest absolute Gasteiger partial charge is 0.489 e. The van der Waals surface area contributed by atoms with Crippen molar-refractivity contribution in [1.82, 2.24) is 4.90 Å². The van der Waals surface area contributed by atoms with E-state index in [4.69, 9.17) is 4.74 Å². The number of non-ortho nitro benzene ring substituents is 1. The molecule has 6 nitrogen and oxygen atoms in total. The highest BCUT2D eigenvalue weighted by Crippen LogP contribution is 2.50. The maximum Gasteiger partial charge on any atom is 0.430 e. The van der Waals surface area contributed by atoms with Crippen molar-refractivity contribution in [3.8, 4) is 5.75 Å². The molecule has 1 atom stereocenters. The van der Waals surface area contributed by atoms with E-state index in [1.807, 2.05) is 4.90 Å². The van der Waals surface area contributed by atoms with Crippen molar-refractivity contribution < 1.29 is 41.1 Å². The molecular weight excluding hydrogens is 446 g/mol. The second kappa shape index (κ2) is 8.58. The van der Waals surface area contributed by atoms with Gasteiger partial charge in [-0.1, -0.05) is 24.3 Å². The Morgan fingerprint density at radius 2 is 1.56 bits per heavy atom. The van der Waals surface area contributed by atoms with Gasteiger partial charge in [0.1, 0.15) is 11.9 Å². The first-order chi connectivity index (χ1) is 14.8. The molecule has 1 N–H and O–H groups in total. The summed E-state index contributed by atoms with van der Waals surface area (Å²) in [5.41, 5.74) is -5.86. The van der Waals surface area contributed by atoms with E-state index in [2.05, 4.69) is 0 Å². The minimum atomic E-state index is -5.93. The molecule has 32 heavy (non-hydrogen) atoms. The Morgan fingerprint density at radius 1 is 1.00 bits per heavy atom. The maximum absolute atomic E-state index is 13.0. The minimum absolute atomic E-state index is 0.0724. The molecule has 1 heterocycles. The Labute approximate surface area is 178 Å². The molecule has 174 valence electrons. The van der Waals surface area contributed by atoms with Gasteiger partial charge in [-0.3, -0.25) is 15.0 Å². The van der Waals surface area contributed by atoms with Crippen LogP contribution in [0.3, 0.4) is 0 Å². The van der Waals surface area contributed by atoms with E-state index in [9.17, 15) is 41.6 Å². The van der Waals surface area contributed by atoms with Crippen LogP contribution in [0.4, 0.5) is 32.0 Å². The van der Waals surface area contributed by atoms with Crippen LogP contribution in [0.25, 0.3) is 0 Å². The minimum Gasteiger partial charge on any atom is -0.489 e. The SMILES string of the molecule is O=[N+]([O-])c1ccc(OC2CCN(Cc3ccc(C(O)(C(F)(F)F)C(F)(F)F)cc3)C2)cc1. The summed E-state index contributed by atoms with van der Waals surface area (Å²) in [6, 6.07) is 9.04. The van der Waals surface area contributed by atoms with E-state index in [-0.39, 0.29) is 18.3 Å². The highest BCUT2D eigenvalue weighted by Gasteiger charge is 2.71. The molecule has 1 aliphatic heterocycles. The lowest BCUT2D eigenvalue weighted by molar-refractivity contribution is -0.384. The lowest BCUT2D eigenvalue weighted by Gasteiger charge is -2.32. The van der Waals surface area contributed by atoms with Crippen LogP contribution >= 0.6 is 0 Å². The van der Waals surface area contributed by atoms with E-state index in [0.29, 0.717) is 43.0 Å². The average Bonchev–Trinajstić information content (AvgIpc) is 3.13. The zero-order valence-corrected chi connectivity index (χ0v) is 16.4. The van der Waals surface area contributed by atoms with Gasteiger partial charge in [0.05, 0.1) is 4.92 Å². The van der Waals surface area contributed by atoms with Crippen LogP contribution in [0.5, 0.6) is 5.75 Å². The fraction of sp³-hybridized carbons (Fsp3) is 0.400. The quantitative estimate of drug-likeness (QED) is 0.386. The number of aliphatic hydroxyl groups is 1. The zero-order chi connectivity index (χ0) is 23.7. The highest BCUT2D eigenvalue weighted by atomic mass is 19.4. The van der Waals surface area contributed by atoms with Gasteiger partial charge in [-0.05, 0) is 24.1 Å². The van der Waals surface area contributed by atoms with Gasteiger partial charge < -0.3 is 9.84 Å². The van der Waals surface area contributed by atoms with E-state index < -0.39 is 28.4 Å². The topological polar surface area (TPSA) is 75.8 Å². The van der Waals surface area contributed by atoms with Gasteiger partial charge in [0, 0.05) is 37.3 Å². The number of nitro benzene ring substituents is 1. The molecule has 2 aromatic carbocycles. The molecule has 0 aliphatic carbocycles. The van der Waals surface area contributed by atoms with Gasteiger partial charge >= 0.3 is 12.4 Å². The predicted octanol–water partition coefficient (Wildman–Crippen LogP) is 4.56. The molecule has 0 radical (unpaired) electrons. The summed E-state index contributed by atoms with van der Waals surface area (Å²) in [6.07, 6.45) is -11.5. The second-order valence-corrected chi connectivity index (χ2v) is 7.42. The van der Waals surface area contributed by atoms with Crippen molar-refractivity contribution in [2.75, 3.05) is 13.1 Å². The van der Waals surface area contributed by atoms with Crippen molar-refractivity contribution in [3.63, 3.8) is 0 Å². The number of likely N-dealkylation sites (tertiary alicyclic amines) is 1. The lowest BCUT2D eigenvalue weighted by Crippen LogP contribution is -2.53. The summed E-state index contributed by atoms with van der Waals surface area (Å²) in [7, 11) is 0. The van der Waals surface area contributed by atoms with Gasteiger partial charge in [0.25, 0.3) is 11.3 Å². The molecule has 1 fully saturated rings. The smallest absolute Gasteiger partial charge is 0.430 e. The Morgan fingerprint density at radius 3 is 2.06 bits per heavy atom. The molecular formula is C20H18F6N2O4. The number of alkyl halides is 6. The van der Waals surface area contributed by atoms with Crippen LogP contribution in [-0.4, -0.2) is 46.5 Å². The number of benzene rings is 2. The first kappa shape index (κ1) is 23.8. The summed E-state index contributed by atoms with van der Waals surface area (Å²) in [5.74, 6) is 0.449. The zero-order valence-electron chi connectivity index (χ0n) is 16.4. The molecule has 1 aliphatic rings. The third-order valence-corrected chi connectivity index (χ3v) is 5.18. The van der Waals surface area contributed by atoms with Crippen molar-refractivity contribution in [2.24, 2.45) is 0 Å². The third-order valence-electron chi connectivity index (χ3n) is 5.18. The maximum atomic E-state index is 13.0. The fourth-order valence-corrected chi connectivity index (χ4v) is 3.47. The Hall–Kier alpha value is -2.86. The first-order valence-electron chi connectivity index (χ1n) is 9.40. The van der Waals surface area contributed by atoms with Crippen LogP contribution in [0.15, 0.2) is 48.5 Å². The van der Waals surface area contributed by atoms with E-state index in [1.165, 1.54) is 24.3 Å². The van der Waals surface area contributed by atoms with Crippen LogP contribution in [0.2, 0.25) is 0 Å². The molecule has 2 aromatic rings. The number of halogens is 6. The number of hydrogen-bond acceptors (Lipinski definition) is 5. The van der Waals surface area contributed by atoms with Gasteiger partial charge in [-0.25, -0.2) is 0 Å². The van der Waals surface area contributed by atoms with Crippen molar-refractivity contribution in [1.29, 1.82) is 0 Å². The fourth-order valence-electron chi connectivity index (χ4n) is 3.47. The molecule has 0 spiro atoms. The van der Waals surface area contributed by atoms with Crippen LogP contribution in [-0.2, 0) is 12.1 Å². The number of ether oxygens (including phenoxy) is 1. The third kappa shape index (κ3) is 4.80. The molecule has 3 rings (SSSR count). The predicted molar refractivity (Wildman–Crippen MR) is 99.9 cm³/mol. The summed E-state index contributed by atoms with van der Waals surface area (Å²) < 4.78 is 83.6. The van der Waals surface area contributed by atoms with E-state index in [0.717, 1.165) is 12.1 Å². The average molecular weight is 464 g/mol. The Balaban J connectivity index is 1.62. The summed E-state index contributed by atoms with van der Waals surface area (Å²) in [5, 5.41) is 20.1. The monoisotopic (exact) mass is 464 g/mol. The highest BCUT2D eigenvalue weighted by molar-refractivity contribution is 5.36. The van der Waals surface area contributed by atoms with Gasteiger partial charge in [0.2, 0.25) is 0 Å². The second-order valence-electron chi connectivity index (χ2n) is 7.42. The molecule has 0 aromatic heterocycles. The van der Waals surface area contributed by atoms with E-state index in [1.54, 1.807) is 0 Å². The normalized spacial score (nSPS) is 18.0. The van der Waals surface area contributed by atoms with Crippen LogP contribution < -0.4 is 4.74 Å². The Bertz CT molecular complexity index is 931. The number of rotatable bonds is 6. The van der Waals surface area contributed by atoms with Crippen molar-refractivity contribution in [2.45, 2.75) is 37.0 Å². The van der Waals surface area contributed by atoms with Gasteiger partial charge in [-0.15, -0.1) is 0 Å². The molecule has 0 bridgehead atoms. The number of nitrogens with zero attached hydrogens (tertiary/aromatic N) is 2. The summed E-state index contributed by atoms with van der Waals surface area (Å²) >= 11 is 0. The van der Waals surface area contributed by atoms with E-state index >= 15 is 0 Å². The van der Waals surface area contributed by atoms with Gasteiger partial charge in [-0.2, -0.15) is 26.3 Å². The molecule has 1 unspecified atom stereocenters. The summed E-state index contributed by atoms with van der Waals surface area (Å²) in [4.78, 5) is 12.1. The van der Waals surface area contributed by atoms with Gasteiger partial charge in [0.15, 0.2) is 0 Å². The lowest BCUT2D eigenvalue weighted by atomic mass is 9.91. The number of hydrogen-bond donors (Lipinski definition) is 1. The molecule has 0 amide bonds. The first-order valence-corrected chi connectivity index (χ1v) is 9.40. The molecule has 12 heteroatoms. The van der Waals surface area contributed by atoms with Crippen molar-refractivity contribution >= 4 is 5.69 Å². The molecule has 0 saturated carbocycles. The number of nitro groups is 1. The van der Waals surface area contributed by atoms with Crippen LogP contribution in [0.1, 0.15) is 17.5 Å².